The average Bonchev–Trinajstić information content (AvgIpc) is 2.93. The molecule has 2 aromatic rings. The monoisotopic (exact) mass is 355 g/mol. The van der Waals surface area contributed by atoms with E-state index in [0.29, 0.717) is 16.7 Å². The number of hydrogen-bond acceptors (Lipinski definition) is 4. The minimum atomic E-state index is -0.460. The zero-order valence-corrected chi connectivity index (χ0v) is 13.2. The predicted octanol–water partition coefficient (Wildman–Crippen LogP) is 4.27. The molecule has 1 aliphatic carbocycles. The van der Waals surface area contributed by atoms with Crippen molar-refractivity contribution < 1.29 is 4.52 Å². The van der Waals surface area contributed by atoms with Gasteiger partial charge in [0.15, 0.2) is 5.82 Å². The number of rotatable bonds is 2. The van der Waals surface area contributed by atoms with E-state index in [-0.39, 0.29) is 0 Å². The van der Waals surface area contributed by atoms with Gasteiger partial charge >= 0.3 is 0 Å². The summed E-state index contributed by atoms with van der Waals surface area (Å²) in [6.07, 6.45) is 5.24. The minimum absolute atomic E-state index is 0.418. The van der Waals surface area contributed by atoms with Gasteiger partial charge < -0.3 is 10.3 Å². The second-order valence-corrected chi connectivity index (χ2v) is 6.47. The molecule has 106 valence electrons. The van der Waals surface area contributed by atoms with Gasteiger partial charge in [0.25, 0.3) is 5.89 Å². The summed E-state index contributed by atoms with van der Waals surface area (Å²) in [7, 11) is 0. The summed E-state index contributed by atoms with van der Waals surface area (Å²) in [5, 5.41) is 4.64. The lowest BCUT2D eigenvalue weighted by atomic mass is 9.82. The molecule has 4 nitrogen and oxygen atoms in total. The molecule has 1 aliphatic rings. The smallest absolute Gasteiger partial charge is 0.259 e. The summed E-state index contributed by atoms with van der Waals surface area (Å²) in [6, 6.07) is 5.61. The van der Waals surface area contributed by atoms with Crippen molar-refractivity contribution in [3.8, 4) is 11.5 Å². The molecule has 0 amide bonds. The van der Waals surface area contributed by atoms with Gasteiger partial charge in [-0.1, -0.05) is 42.1 Å². The van der Waals surface area contributed by atoms with Crippen LogP contribution in [-0.2, 0) is 5.54 Å². The zero-order chi connectivity index (χ0) is 14.2. The average molecular weight is 357 g/mol. The van der Waals surface area contributed by atoms with Crippen molar-refractivity contribution in [3.05, 3.63) is 33.5 Å². The van der Waals surface area contributed by atoms with Crippen LogP contribution in [0.2, 0.25) is 5.02 Å². The molecule has 3 rings (SSSR count). The lowest BCUT2D eigenvalue weighted by molar-refractivity contribution is 0.275. The van der Waals surface area contributed by atoms with Gasteiger partial charge in [0.2, 0.25) is 0 Å². The maximum Gasteiger partial charge on any atom is 0.259 e. The van der Waals surface area contributed by atoms with Crippen molar-refractivity contribution in [3.63, 3.8) is 0 Å². The van der Waals surface area contributed by atoms with Crippen molar-refractivity contribution in [1.29, 1.82) is 0 Å². The van der Waals surface area contributed by atoms with Crippen molar-refractivity contribution in [2.75, 3.05) is 0 Å². The first-order valence-electron chi connectivity index (χ1n) is 6.68. The first-order valence-corrected chi connectivity index (χ1v) is 7.85. The van der Waals surface area contributed by atoms with Crippen LogP contribution in [0.3, 0.4) is 0 Å². The minimum Gasteiger partial charge on any atom is -0.334 e. The summed E-state index contributed by atoms with van der Waals surface area (Å²) in [4.78, 5) is 4.47. The number of benzene rings is 1. The summed E-state index contributed by atoms with van der Waals surface area (Å²) in [6.45, 7) is 0. The zero-order valence-electron chi connectivity index (χ0n) is 10.9. The van der Waals surface area contributed by atoms with E-state index in [1.807, 2.05) is 18.2 Å². The Morgan fingerprint density at radius 3 is 2.75 bits per heavy atom. The third kappa shape index (κ3) is 2.50. The molecule has 20 heavy (non-hydrogen) atoms. The molecule has 1 aromatic carbocycles. The maximum absolute atomic E-state index is 6.41. The first-order chi connectivity index (χ1) is 9.60. The standard InChI is InChI=1S/C14H15BrClN3O/c15-10-6-4-5-9(11(10)16)12-18-13(19-20-12)14(17)7-2-1-3-8-14/h4-6H,1-3,7-8,17H2. The van der Waals surface area contributed by atoms with Crippen LogP contribution < -0.4 is 5.73 Å². The van der Waals surface area contributed by atoms with Crippen molar-refractivity contribution in [2.45, 2.75) is 37.6 Å². The molecule has 6 heteroatoms. The van der Waals surface area contributed by atoms with Gasteiger partial charge in [-0.3, -0.25) is 0 Å². The second kappa shape index (κ2) is 5.47. The molecule has 0 bridgehead atoms. The Morgan fingerprint density at radius 2 is 2.00 bits per heavy atom. The molecule has 0 atom stereocenters. The molecule has 0 spiro atoms. The summed E-state index contributed by atoms with van der Waals surface area (Å²) in [5.41, 5.74) is 6.67. The van der Waals surface area contributed by atoms with Gasteiger partial charge in [-0.2, -0.15) is 4.98 Å². The summed E-state index contributed by atoms with van der Waals surface area (Å²) in [5.74, 6) is 1.00. The van der Waals surface area contributed by atoms with Gasteiger partial charge in [0.05, 0.1) is 16.1 Å². The Labute approximate surface area is 130 Å². The van der Waals surface area contributed by atoms with E-state index in [0.717, 1.165) is 35.7 Å². The van der Waals surface area contributed by atoms with Crippen LogP contribution in [-0.4, -0.2) is 10.1 Å². The van der Waals surface area contributed by atoms with E-state index in [1.165, 1.54) is 6.42 Å². The number of aromatic nitrogens is 2. The van der Waals surface area contributed by atoms with Crippen LogP contribution in [0.15, 0.2) is 27.2 Å². The number of halogens is 2. The third-order valence-electron chi connectivity index (χ3n) is 3.80. The molecule has 0 radical (unpaired) electrons. The van der Waals surface area contributed by atoms with Crippen molar-refractivity contribution in [2.24, 2.45) is 5.73 Å². The Bertz CT molecular complexity index is 623. The van der Waals surface area contributed by atoms with Gasteiger partial charge in [-0.05, 0) is 40.9 Å². The lowest BCUT2D eigenvalue weighted by Gasteiger charge is -2.29. The largest absolute Gasteiger partial charge is 0.334 e. The van der Waals surface area contributed by atoms with E-state index >= 15 is 0 Å². The highest BCUT2D eigenvalue weighted by atomic mass is 79.9. The highest BCUT2D eigenvalue weighted by Crippen LogP contribution is 2.36. The Morgan fingerprint density at radius 1 is 1.25 bits per heavy atom. The number of hydrogen-bond donors (Lipinski definition) is 1. The van der Waals surface area contributed by atoms with Crippen LogP contribution in [0, 0.1) is 0 Å². The fourth-order valence-corrected chi connectivity index (χ4v) is 3.18. The van der Waals surface area contributed by atoms with E-state index in [1.54, 1.807) is 0 Å². The molecule has 1 aromatic heterocycles. The van der Waals surface area contributed by atoms with Crippen molar-refractivity contribution >= 4 is 27.5 Å². The Kier molecular flexibility index (Phi) is 3.84. The molecule has 0 saturated heterocycles. The van der Waals surface area contributed by atoms with Crippen LogP contribution in [0.4, 0.5) is 0 Å². The van der Waals surface area contributed by atoms with E-state index < -0.39 is 5.54 Å². The third-order valence-corrected chi connectivity index (χ3v) is 5.10. The molecule has 2 N–H and O–H groups in total. The van der Waals surface area contributed by atoms with Crippen molar-refractivity contribution in [1.82, 2.24) is 10.1 Å². The topological polar surface area (TPSA) is 64.9 Å². The fraction of sp³-hybridized carbons (Fsp3) is 0.429. The summed E-state index contributed by atoms with van der Waals surface area (Å²) >= 11 is 9.64. The SMILES string of the molecule is NC1(c2noc(-c3cccc(Br)c3Cl)n2)CCCCC1. The van der Waals surface area contributed by atoms with Gasteiger partial charge in [-0.15, -0.1) is 0 Å². The van der Waals surface area contributed by atoms with E-state index in [9.17, 15) is 0 Å². The van der Waals surface area contributed by atoms with E-state index in [4.69, 9.17) is 21.9 Å². The van der Waals surface area contributed by atoms with Crippen LogP contribution in [0.5, 0.6) is 0 Å². The normalized spacial score (nSPS) is 18.1. The number of nitrogens with zero attached hydrogens (tertiary/aromatic N) is 2. The molecular weight excluding hydrogens is 342 g/mol. The number of nitrogens with two attached hydrogens (primary N) is 1. The molecule has 1 saturated carbocycles. The molecular formula is C14H15BrClN3O. The molecule has 0 unspecified atom stereocenters. The van der Waals surface area contributed by atoms with Crippen LogP contribution in [0.25, 0.3) is 11.5 Å². The fourth-order valence-electron chi connectivity index (χ4n) is 2.61. The quantitative estimate of drug-likeness (QED) is 0.872. The highest BCUT2D eigenvalue weighted by Gasteiger charge is 2.34. The van der Waals surface area contributed by atoms with Crippen LogP contribution >= 0.6 is 27.5 Å². The predicted molar refractivity (Wildman–Crippen MR) is 81.4 cm³/mol. The molecule has 1 fully saturated rings. The van der Waals surface area contributed by atoms with Crippen LogP contribution in [0.1, 0.15) is 37.9 Å². The maximum atomic E-state index is 6.41. The van der Waals surface area contributed by atoms with Gasteiger partial charge in [0, 0.05) is 4.47 Å². The molecule has 1 heterocycles. The van der Waals surface area contributed by atoms with Gasteiger partial charge in [0.1, 0.15) is 0 Å². The summed E-state index contributed by atoms with van der Waals surface area (Å²) < 4.78 is 6.16. The Balaban J connectivity index is 1.96. The molecule has 0 aliphatic heterocycles. The lowest BCUT2D eigenvalue weighted by Crippen LogP contribution is -2.39. The first kappa shape index (κ1) is 14.0. The van der Waals surface area contributed by atoms with Gasteiger partial charge in [-0.25, -0.2) is 0 Å². The second-order valence-electron chi connectivity index (χ2n) is 5.24. The highest BCUT2D eigenvalue weighted by molar-refractivity contribution is 9.10. The van der Waals surface area contributed by atoms with E-state index in [2.05, 4.69) is 26.1 Å². The Hall–Kier alpha value is -0.910.